The van der Waals surface area contributed by atoms with Crippen molar-refractivity contribution in [1.82, 2.24) is 10.2 Å². The van der Waals surface area contributed by atoms with E-state index in [1.807, 2.05) is 0 Å². The summed E-state index contributed by atoms with van der Waals surface area (Å²) in [6, 6.07) is 1.75. The van der Waals surface area contributed by atoms with Crippen LogP contribution in [0.3, 0.4) is 0 Å². The van der Waals surface area contributed by atoms with E-state index in [2.05, 4.69) is 17.1 Å². The molecule has 0 spiro atoms. The second kappa shape index (κ2) is 5.40. The van der Waals surface area contributed by atoms with Crippen molar-refractivity contribution < 1.29 is 4.74 Å². The van der Waals surface area contributed by atoms with Gasteiger partial charge < -0.3 is 10.5 Å². The van der Waals surface area contributed by atoms with Crippen LogP contribution >= 0.6 is 12.2 Å². The fourth-order valence-electron chi connectivity index (χ4n) is 2.10. The van der Waals surface area contributed by atoms with E-state index in [1.165, 1.54) is 12.8 Å². The molecule has 1 fully saturated rings. The van der Waals surface area contributed by atoms with E-state index in [-0.39, 0.29) is 6.10 Å². The number of aromatic nitrogens is 2. The highest BCUT2D eigenvalue weighted by atomic mass is 32.1. The van der Waals surface area contributed by atoms with Gasteiger partial charge in [0, 0.05) is 0 Å². The summed E-state index contributed by atoms with van der Waals surface area (Å²) >= 11 is 4.97. The minimum absolute atomic E-state index is 0.219. The molecular formula is C12H17N3OS. The van der Waals surface area contributed by atoms with Crippen LogP contribution in [-0.2, 0) is 0 Å². The Kier molecular flexibility index (Phi) is 3.89. The average molecular weight is 251 g/mol. The van der Waals surface area contributed by atoms with Gasteiger partial charge in [0.2, 0.25) is 5.88 Å². The highest BCUT2D eigenvalue weighted by Crippen LogP contribution is 2.27. The quantitative estimate of drug-likeness (QED) is 0.833. The number of ether oxygens (including phenoxy) is 1. The Labute approximate surface area is 107 Å². The summed E-state index contributed by atoms with van der Waals surface area (Å²) in [5, 5.41) is 7.79. The normalized spacial score (nSPS) is 24.3. The van der Waals surface area contributed by atoms with Gasteiger partial charge in [-0.05, 0) is 37.7 Å². The molecule has 0 aliphatic heterocycles. The molecule has 5 heteroatoms. The molecule has 1 aromatic rings. The van der Waals surface area contributed by atoms with Gasteiger partial charge >= 0.3 is 0 Å². The summed E-state index contributed by atoms with van der Waals surface area (Å²) < 4.78 is 5.85. The van der Waals surface area contributed by atoms with Crippen molar-refractivity contribution in [1.29, 1.82) is 0 Å². The number of hydrogen-bond acceptors (Lipinski definition) is 4. The van der Waals surface area contributed by atoms with E-state index >= 15 is 0 Å². The summed E-state index contributed by atoms with van der Waals surface area (Å²) in [7, 11) is 0. The molecule has 1 heterocycles. The van der Waals surface area contributed by atoms with Crippen LogP contribution in [0, 0.1) is 5.92 Å². The van der Waals surface area contributed by atoms with Crippen LogP contribution < -0.4 is 10.5 Å². The molecule has 0 unspecified atom stereocenters. The summed E-state index contributed by atoms with van der Waals surface area (Å²) in [6.45, 7) is 2.28. The third-order valence-corrected chi connectivity index (χ3v) is 3.41. The first-order valence-electron chi connectivity index (χ1n) is 5.95. The minimum atomic E-state index is 0.219. The van der Waals surface area contributed by atoms with Crippen LogP contribution in [0.5, 0.6) is 5.88 Å². The maximum Gasteiger partial charge on any atom is 0.244 e. The Morgan fingerprint density at radius 2 is 2.12 bits per heavy atom. The first kappa shape index (κ1) is 12.2. The zero-order chi connectivity index (χ0) is 12.3. The molecule has 17 heavy (non-hydrogen) atoms. The molecule has 4 nitrogen and oxygen atoms in total. The molecule has 1 aromatic heterocycles. The van der Waals surface area contributed by atoms with Crippen molar-refractivity contribution in [3.8, 4) is 5.88 Å². The van der Waals surface area contributed by atoms with Crippen molar-refractivity contribution in [2.45, 2.75) is 38.7 Å². The molecule has 2 rings (SSSR count). The second-order valence-corrected chi connectivity index (χ2v) is 5.05. The fourth-order valence-corrected chi connectivity index (χ4v) is 2.25. The van der Waals surface area contributed by atoms with E-state index in [9.17, 15) is 0 Å². The third kappa shape index (κ3) is 3.12. The Balaban J connectivity index is 2.05. The second-order valence-electron chi connectivity index (χ2n) is 4.61. The van der Waals surface area contributed by atoms with Gasteiger partial charge in [0.1, 0.15) is 11.1 Å². The molecule has 0 saturated heterocycles. The van der Waals surface area contributed by atoms with Crippen LogP contribution in [0.4, 0.5) is 0 Å². The van der Waals surface area contributed by atoms with Crippen molar-refractivity contribution in [2.24, 2.45) is 11.7 Å². The maximum absolute atomic E-state index is 5.85. The maximum atomic E-state index is 5.85. The largest absolute Gasteiger partial charge is 0.473 e. The van der Waals surface area contributed by atoms with Gasteiger partial charge in [-0.25, -0.2) is 0 Å². The molecule has 0 bridgehead atoms. The van der Waals surface area contributed by atoms with Crippen molar-refractivity contribution in [2.75, 3.05) is 0 Å². The molecule has 1 aliphatic rings. The van der Waals surface area contributed by atoms with Gasteiger partial charge in [0.05, 0.1) is 11.8 Å². The lowest BCUT2D eigenvalue weighted by Crippen LogP contribution is -2.25. The molecule has 0 radical (unpaired) electrons. The molecule has 2 N–H and O–H groups in total. The van der Waals surface area contributed by atoms with Crippen LogP contribution in [0.25, 0.3) is 0 Å². The molecule has 0 aromatic carbocycles. The van der Waals surface area contributed by atoms with Crippen LogP contribution in [-0.4, -0.2) is 21.3 Å². The SMILES string of the molecule is CC1CCC(Oc2nnccc2C(N)=S)CC1. The number of nitrogens with two attached hydrogens (primary N) is 1. The number of rotatable bonds is 3. The van der Waals surface area contributed by atoms with E-state index in [0.29, 0.717) is 16.4 Å². The Morgan fingerprint density at radius 3 is 2.76 bits per heavy atom. The lowest BCUT2D eigenvalue weighted by Gasteiger charge is -2.26. The predicted octanol–water partition coefficient (Wildman–Crippen LogP) is 2.07. The monoisotopic (exact) mass is 251 g/mol. The van der Waals surface area contributed by atoms with Crippen LogP contribution in [0.15, 0.2) is 12.3 Å². The van der Waals surface area contributed by atoms with Crippen LogP contribution in [0.2, 0.25) is 0 Å². The highest BCUT2D eigenvalue weighted by Gasteiger charge is 2.21. The summed E-state index contributed by atoms with van der Waals surface area (Å²) in [4.78, 5) is 0.305. The van der Waals surface area contributed by atoms with Gasteiger partial charge in [-0.2, -0.15) is 5.10 Å². The van der Waals surface area contributed by atoms with Crippen LogP contribution in [0.1, 0.15) is 38.2 Å². The van der Waals surface area contributed by atoms with Crippen molar-refractivity contribution >= 4 is 17.2 Å². The lowest BCUT2D eigenvalue weighted by molar-refractivity contribution is 0.128. The van der Waals surface area contributed by atoms with Crippen molar-refractivity contribution in [3.63, 3.8) is 0 Å². The standard InChI is InChI=1S/C12H17N3OS/c1-8-2-4-9(5-3-8)16-12-10(11(13)17)6-7-14-15-12/h6-9H,2-5H2,1H3,(H2,13,17). The zero-order valence-corrected chi connectivity index (χ0v) is 10.7. The number of nitrogens with zero attached hydrogens (tertiary/aromatic N) is 2. The molecule has 92 valence electrons. The van der Waals surface area contributed by atoms with E-state index < -0.39 is 0 Å². The highest BCUT2D eigenvalue weighted by molar-refractivity contribution is 7.80. The van der Waals surface area contributed by atoms with Gasteiger partial charge in [0.15, 0.2) is 0 Å². The Morgan fingerprint density at radius 1 is 1.41 bits per heavy atom. The summed E-state index contributed by atoms with van der Waals surface area (Å²) in [5.74, 6) is 1.27. The molecule has 0 atom stereocenters. The summed E-state index contributed by atoms with van der Waals surface area (Å²) in [6.07, 6.45) is 6.32. The van der Waals surface area contributed by atoms with Gasteiger partial charge in [-0.15, -0.1) is 5.10 Å². The van der Waals surface area contributed by atoms with Crippen molar-refractivity contribution in [3.05, 3.63) is 17.8 Å². The fraction of sp³-hybridized carbons (Fsp3) is 0.583. The van der Waals surface area contributed by atoms with E-state index in [0.717, 1.165) is 18.8 Å². The first-order chi connectivity index (χ1) is 8.16. The molecule has 1 aliphatic carbocycles. The Hall–Kier alpha value is -1.23. The Bertz CT molecular complexity index is 402. The van der Waals surface area contributed by atoms with E-state index in [1.54, 1.807) is 12.3 Å². The van der Waals surface area contributed by atoms with E-state index in [4.69, 9.17) is 22.7 Å². The predicted molar refractivity (Wildman–Crippen MR) is 70.0 cm³/mol. The van der Waals surface area contributed by atoms with Gasteiger partial charge in [0.25, 0.3) is 0 Å². The molecule has 0 amide bonds. The van der Waals surface area contributed by atoms with Gasteiger partial charge in [-0.3, -0.25) is 0 Å². The first-order valence-corrected chi connectivity index (χ1v) is 6.36. The zero-order valence-electron chi connectivity index (χ0n) is 9.93. The average Bonchev–Trinajstić information content (AvgIpc) is 2.32. The number of hydrogen-bond donors (Lipinski definition) is 1. The smallest absolute Gasteiger partial charge is 0.244 e. The molecular weight excluding hydrogens is 234 g/mol. The molecule has 1 saturated carbocycles. The number of thiocarbonyl (C=S) groups is 1. The summed E-state index contributed by atoms with van der Waals surface area (Å²) in [5.41, 5.74) is 6.30. The topological polar surface area (TPSA) is 61.0 Å². The third-order valence-electron chi connectivity index (χ3n) is 3.19. The lowest BCUT2D eigenvalue weighted by atomic mass is 9.89. The minimum Gasteiger partial charge on any atom is -0.473 e. The van der Waals surface area contributed by atoms with Gasteiger partial charge in [-0.1, -0.05) is 19.1 Å².